The van der Waals surface area contributed by atoms with E-state index in [0.717, 1.165) is 20.2 Å². The first-order valence-corrected chi connectivity index (χ1v) is 9.28. The fraction of sp³-hybridized carbons (Fsp3) is 0. The quantitative estimate of drug-likeness (QED) is 0.370. The number of hydrogen-bond acceptors (Lipinski definition) is 3. The van der Waals surface area contributed by atoms with Gasteiger partial charge in [0.2, 0.25) is 5.89 Å². The number of benzene rings is 3. The van der Waals surface area contributed by atoms with Crippen LogP contribution in [0.1, 0.15) is 10.4 Å². The molecule has 4 rings (SSSR count). The molecule has 0 bridgehead atoms. The molecule has 0 saturated heterocycles. The highest BCUT2D eigenvalue weighted by Gasteiger charge is 2.13. The third-order valence-electron chi connectivity index (χ3n) is 3.83. The van der Waals surface area contributed by atoms with Crippen LogP contribution in [0, 0.1) is 3.57 Å². The molecule has 0 saturated carbocycles. The number of nitrogens with one attached hydrogen (secondary N) is 1. The molecule has 3 aromatic carbocycles. The van der Waals surface area contributed by atoms with Crippen LogP contribution in [0.4, 0.5) is 5.69 Å². The Hall–Kier alpha value is -2.38. The lowest BCUT2D eigenvalue weighted by atomic mass is 10.1. The average molecular weight is 475 g/mol. The van der Waals surface area contributed by atoms with E-state index in [1.165, 1.54) is 0 Å². The Morgan fingerprint density at radius 1 is 1.04 bits per heavy atom. The van der Waals surface area contributed by atoms with Crippen molar-refractivity contribution in [3.05, 3.63) is 80.9 Å². The summed E-state index contributed by atoms with van der Waals surface area (Å²) in [5, 5.41) is 3.29. The van der Waals surface area contributed by atoms with E-state index in [9.17, 15) is 4.79 Å². The molecule has 0 spiro atoms. The maximum Gasteiger partial charge on any atom is 0.257 e. The smallest absolute Gasteiger partial charge is 0.257 e. The predicted molar refractivity (Wildman–Crippen MR) is 112 cm³/mol. The van der Waals surface area contributed by atoms with Gasteiger partial charge in [-0.3, -0.25) is 4.79 Å². The number of nitrogens with zero attached hydrogens (tertiary/aromatic N) is 1. The number of anilines is 1. The second-order valence-electron chi connectivity index (χ2n) is 5.65. The first kappa shape index (κ1) is 17.1. The largest absolute Gasteiger partial charge is 0.436 e. The molecule has 0 radical (unpaired) electrons. The zero-order valence-electron chi connectivity index (χ0n) is 13.4. The van der Waals surface area contributed by atoms with Gasteiger partial charge in [-0.25, -0.2) is 4.98 Å². The maximum atomic E-state index is 12.5. The fourth-order valence-corrected chi connectivity index (χ4v) is 3.29. The molecule has 1 aromatic heterocycles. The van der Waals surface area contributed by atoms with Gasteiger partial charge in [0, 0.05) is 14.8 Å². The Labute approximate surface area is 168 Å². The number of aromatic nitrogens is 1. The van der Waals surface area contributed by atoms with E-state index in [4.69, 9.17) is 16.0 Å². The Balaban J connectivity index is 1.63. The molecule has 0 atom stereocenters. The minimum Gasteiger partial charge on any atom is -0.436 e. The van der Waals surface area contributed by atoms with Gasteiger partial charge in [-0.1, -0.05) is 29.8 Å². The van der Waals surface area contributed by atoms with Gasteiger partial charge in [0.25, 0.3) is 5.91 Å². The van der Waals surface area contributed by atoms with E-state index >= 15 is 0 Å². The van der Waals surface area contributed by atoms with Crippen LogP contribution in [0.25, 0.3) is 22.6 Å². The van der Waals surface area contributed by atoms with Crippen LogP contribution in [-0.4, -0.2) is 10.9 Å². The second kappa shape index (κ2) is 7.09. The highest BCUT2D eigenvalue weighted by Crippen LogP contribution is 2.27. The predicted octanol–water partition coefficient (Wildman–Crippen LogP) is 6.01. The number of hydrogen-bond donors (Lipinski definition) is 1. The van der Waals surface area contributed by atoms with Crippen LogP contribution in [-0.2, 0) is 0 Å². The molecular formula is C20H12ClIN2O2. The Morgan fingerprint density at radius 3 is 2.73 bits per heavy atom. The third-order valence-corrected chi connectivity index (χ3v) is 4.83. The average Bonchev–Trinajstić information content (AvgIpc) is 3.08. The fourth-order valence-electron chi connectivity index (χ4n) is 2.60. The summed E-state index contributed by atoms with van der Waals surface area (Å²) in [4.78, 5) is 17.0. The number of carbonyl (C=O) groups excluding carboxylic acids is 1. The highest BCUT2D eigenvalue weighted by molar-refractivity contribution is 14.1. The highest BCUT2D eigenvalue weighted by atomic mass is 127. The number of carbonyl (C=O) groups is 1. The molecule has 0 aliphatic rings. The van der Waals surface area contributed by atoms with Gasteiger partial charge in [0.1, 0.15) is 5.52 Å². The zero-order chi connectivity index (χ0) is 18.1. The summed E-state index contributed by atoms with van der Waals surface area (Å²) in [5.74, 6) is 0.248. The summed E-state index contributed by atoms with van der Waals surface area (Å²) < 4.78 is 6.73. The van der Waals surface area contributed by atoms with Crippen LogP contribution < -0.4 is 5.32 Å². The zero-order valence-corrected chi connectivity index (χ0v) is 16.3. The maximum absolute atomic E-state index is 12.5. The number of rotatable bonds is 3. The summed E-state index contributed by atoms with van der Waals surface area (Å²) in [6.07, 6.45) is 0. The monoisotopic (exact) mass is 474 g/mol. The summed E-state index contributed by atoms with van der Waals surface area (Å²) in [6.45, 7) is 0. The minimum absolute atomic E-state index is 0.261. The van der Waals surface area contributed by atoms with Crippen molar-refractivity contribution in [2.24, 2.45) is 0 Å². The third kappa shape index (κ3) is 3.45. The molecule has 6 heteroatoms. The summed E-state index contributed by atoms with van der Waals surface area (Å²) in [7, 11) is 0. The first-order valence-electron chi connectivity index (χ1n) is 7.82. The molecule has 1 heterocycles. The molecule has 4 aromatic rings. The summed E-state index contributed by atoms with van der Waals surface area (Å²) in [6, 6.07) is 20.3. The van der Waals surface area contributed by atoms with Crippen molar-refractivity contribution in [1.29, 1.82) is 0 Å². The van der Waals surface area contributed by atoms with Gasteiger partial charge in [0.15, 0.2) is 5.58 Å². The molecule has 0 unspecified atom stereocenters. The Morgan fingerprint density at radius 2 is 1.88 bits per heavy atom. The molecule has 0 aliphatic carbocycles. The van der Waals surface area contributed by atoms with Crippen molar-refractivity contribution in [1.82, 2.24) is 4.98 Å². The van der Waals surface area contributed by atoms with Crippen molar-refractivity contribution in [2.75, 3.05) is 5.32 Å². The summed E-state index contributed by atoms with van der Waals surface area (Å²) in [5.41, 5.74) is 3.38. The molecule has 128 valence electrons. The van der Waals surface area contributed by atoms with Crippen molar-refractivity contribution < 1.29 is 9.21 Å². The standard InChI is InChI=1S/C20H12ClIN2O2/c21-16-9-8-13(22)11-15(16)19(25)23-14-5-3-4-12(10-14)20-24-17-6-1-2-7-18(17)26-20/h1-11H,(H,23,25). The molecule has 26 heavy (non-hydrogen) atoms. The number of fused-ring (bicyclic) bond motifs is 1. The van der Waals surface area contributed by atoms with Crippen molar-refractivity contribution in [3.8, 4) is 11.5 Å². The first-order chi connectivity index (χ1) is 12.6. The van der Waals surface area contributed by atoms with E-state index < -0.39 is 0 Å². The van der Waals surface area contributed by atoms with Crippen LogP contribution >= 0.6 is 34.2 Å². The molecule has 1 N–H and O–H groups in total. The summed E-state index contributed by atoms with van der Waals surface area (Å²) >= 11 is 8.29. The van der Waals surface area contributed by atoms with Gasteiger partial charge in [-0.05, 0) is 71.1 Å². The number of oxazole rings is 1. The number of amides is 1. The molecule has 0 aliphatic heterocycles. The van der Waals surface area contributed by atoms with Crippen molar-refractivity contribution >= 4 is 56.9 Å². The van der Waals surface area contributed by atoms with Crippen LogP contribution in [0.15, 0.2) is 71.1 Å². The van der Waals surface area contributed by atoms with Crippen LogP contribution in [0.5, 0.6) is 0 Å². The van der Waals surface area contributed by atoms with E-state index in [-0.39, 0.29) is 5.91 Å². The van der Waals surface area contributed by atoms with Crippen LogP contribution in [0.2, 0.25) is 5.02 Å². The van der Waals surface area contributed by atoms with Crippen LogP contribution in [0.3, 0.4) is 0 Å². The minimum atomic E-state index is -0.261. The SMILES string of the molecule is O=C(Nc1cccc(-c2nc3ccccc3o2)c1)c1cc(I)ccc1Cl. The Bertz CT molecular complexity index is 1090. The second-order valence-corrected chi connectivity index (χ2v) is 7.30. The van der Waals surface area contributed by atoms with Gasteiger partial charge in [-0.15, -0.1) is 0 Å². The van der Waals surface area contributed by atoms with E-state index in [0.29, 0.717) is 22.2 Å². The lowest BCUT2D eigenvalue weighted by Gasteiger charge is -2.08. The van der Waals surface area contributed by atoms with Crippen molar-refractivity contribution in [2.45, 2.75) is 0 Å². The van der Waals surface area contributed by atoms with E-state index in [1.54, 1.807) is 12.1 Å². The van der Waals surface area contributed by atoms with Gasteiger partial charge >= 0.3 is 0 Å². The van der Waals surface area contributed by atoms with E-state index in [2.05, 4.69) is 32.9 Å². The molecular weight excluding hydrogens is 463 g/mol. The lowest BCUT2D eigenvalue weighted by molar-refractivity contribution is 0.102. The lowest BCUT2D eigenvalue weighted by Crippen LogP contribution is -2.12. The van der Waals surface area contributed by atoms with Gasteiger partial charge in [-0.2, -0.15) is 0 Å². The Kier molecular flexibility index (Phi) is 4.65. The normalized spacial score (nSPS) is 10.8. The molecule has 0 fully saturated rings. The van der Waals surface area contributed by atoms with E-state index in [1.807, 2.05) is 54.6 Å². The van der Waals surface area contributed by atoms with Crippen molar-refractivity contribution in [3.63, 3.8) is 0 Å². The van der Waals surface area contributed by atoms with Gasteiger partial charge < -0.3 is 9.73 Å². The molecule has 4 nitrogen and oxygen atoms in total. The van der Waals surface area contributed by atoms with Gasteiger partial charge in [0.05, 0.1) is 10.6 Å². The number of halogens is 2. The topological polar surface area (TPSA) is 55.1 Å². The number of para-hydroxylation sites is 2. The molecule has 1 amide bonds.